The summed E-state index contributed by atoms with van der Waals surface area (Å²) >= 11 is 0. The fraction of sp³-hybridized carbons (Fsp3) is 0.688. The van der Waals surface area contributed by atoms with Crippen LogP contribution >= 0.6 is 0 Å². The standard InChI is InChI=1S/C16H21NO2/c1-9-11(5-6-18-9)14-12-7-10-8-13(15(10,2)3)16(12,4)19-17-14/h5-6,10,12-13H,7-8H2,1-4H3. The summed E-state index contributed by atoms with van der Waals surface area (Å²) in [6, 6.07) is 2.02. The van der Waals surface area contributed by atoms with Gasteiger partial charge in [0.25, 0.3) is 0 Å². The van der Waals surface area contributed by atoms with Crippen LogP contribution in [0.25, 0.3) is 0 Å². The van der Waals surface area contributed by atoms with Gasteiger partial charge in [-0.25, -0.2) is 0 Å². The summed E-state index contributed by atoms with van der Waals surface area (Å²) < 4.78 is 5.43. The molecule has 3 nitrogen and oxygen atoms in total. The summed E-state index contributed by atoms with van der Waals surface area (Å²) in [4.78, 5) is 5.97. The minimum Gasteiger partial charge on any atom is -0.469 e. The number of aryl methyl sites for hydroxylation is 1. The van der Waals surface area contributed by atoms with Crippen molar-refractivity contribution < 1.29 is 9.25 Å². The van der Waals surface area contributed by atoms with E-state index in [1.807, 2.05) is 13.0 Å². The molecule has 5 rings (SSSR count). The van der Waals surface area contributed by atoms with E-state index in [2.05, 4.69) is 25.9 Å². The Morgan fingerprint density at radius 2 is 2.05 bits per heavy atom. The molecule has 0 spiro atoms. The second kappa shape index (κ2) is 3.25. The quantitative estimate of drug-likeness (QED) is 0.769. The Labute approximate surface area is 114 Å². The lowest BCUT2D eigenvalue weighted by atomic mass is 9.41. The largest absolute Gasteiger partial charge is 0.469 e. The van der Waals surface area contributed by atoms with Gasteiger partial charge in [-0.3, -0.25) is 0 Å². The van der Waals surface area contributed by atoms with E-state index in [9.17, 15) is 0 Å². The maximum atomic E-state index is 5.97. The third-order valence-corrected chi connectivity index (χ3v) is 6.18. The van der Waals surface area contributed by atoms with Gasteiger partial charge in [0.2, 0.25) is 0 Å². The molecule has 19 heavy (non-hydrogen) atoms. The van der Waals surface area contributed by atoms with Gasteiger partial charge in [-0.1, -0.05) is 19.0 Å². The van der Waals surface area contributed by atoms with Crippen LogP contribution in [0.3, 0.4) is 0 Å². The smallest absolute Gasteiger partial charge is 0.146 e. The second-order valence-electron chi connectivity index (χ2n) is 7.24. The first kappa shape index (κ1) is 11.6. The number of hydrogen-bond acceptors (Lipinski definition) is 3. The van der Waals surface area contributed by atoms with Crippen LogP contribution in [-0.4, -0.2) is 11.3 Å². The number of oxime groups is 1. The van der Waals surface area contributed by atoms with Gasteiger partial charge >= 0.3 is 0 Å². The topological polar surface area (TPSA) is 34.7 Å². The molecule has 102 valence electrons. The monoisotopic (exact) mass is 259 g/mol. The van der Waals surface area contributed by atoms with Gasteiger partial charge in [-0.15, -0.1) is 0 Å². The molecule has 0 saturated heterocycles. The van der Waals surface area contributed by atoms with Crippen LogP contribution < -0.4 is 0 Å². The van der Waals surface area contributed by atoms with Crippen LogP contribution in [-0.2, 0) is 4.84 Å². The Bertz CT molecular complexity index is 571. The fourth-order valence-corrected chi connectivity index (χ4v) is 4.76. The van der Waals surface area contributed by atoms with Crippen molar-refractivity contribution in [3.63, 3.8) is 0 Å². The highest BCUT2D eigenvalue weighted by Gasteiger charge is 2.67. The molecule has 2 heterocycles. The van der Waals surface area contributed by atoms with Crippen molar-refractivity contribution in [3.05, 3.63) is 23.7 Å². The minimum atomic E-state index is -0.114. The number of nitrogens with zero attached hydrogens (tertiary/aromatic N) is 1. The van der Waals surface area contributed by atoms with Gasteiger partial charge in [0, 0.05) is 17.4 Å². The van der Waals surface area contributed by atoms with E-state index in [-0.39, 0.29) is 5.60 Å². The van der Waals surface area contributed by atoms with Crippen LogP contribution in [0.5, 0.6) is 0 Å². The maximum Gasteiger partial charge on any atom is 0.146 e. The fourth-order valence-electron chi connectivity index (χ4n) is 4.76. The SMILES string of the molecule is Cc1occc1C1=NOC2(C)C1CC1CC2C1(C)C. The highest BCUT2D eigenvalue weighted by atomic mass is 16.7. The Balaban J connectivity index is 1.73. The lowest BCUT2D eigenvalue weighted by molar-refractivity contribution is -0.220. The Morgan fingerprint density at radius 3 is 2.68 bits per heavy atom. The molecule has 0 radical (unpaired) electrons. The highest BCUT2D eigenvalue weighted by molar-refractivity contribution is 6.04. The Kier molecular flexibility index (Phi) is 1.98. The maximum absolute atomic E-state index is 5.97. The third kappa shape index (κ3) is 1.22. The van der Waals surface area contributed by atoms with Crippen molar-refractivity contribution in [2.24, 2.45) is 28.3 Å². The molecule has 4 unspecified atom stereocenters. The van der Waals surface area contributed by atoms with Crippen molar-refractivity contribution in [1.82, 2.24) is 0 Å². The molecule has 4 aliphatic rings. The molecular formula is C16H21NO2. The van der Waals surface area contributed by atoms with Crippen LogP contribution in [0.4, 0.5) is 0 Å². The van der Waals surface area contributed by atoms with Gasteiger partial charge in [-0.2, -0.15) is 0 Å². The van der Waals surface area contributed by atoms with Crippen LogP contribution in [0.15, 0.2) is 21.9 Å². The van der Waals surface area contributed by atoms with Gasteiger partial charge in [0.1, 0.15) is 11.4 Å². The zero-order valence-electron chi connectivity index (χ0n) is 12.1. The Hall–Kier alpha value is -1.25. The van der Waals surface area contributed by atoms with Crippen molar-refractivity contribution in [2.45, 2.75) is 46.1 Å². The zero-order chi connectivity index (χ0) is 13.4. The first-order valence-electron chi connectivity index (χ1n) is 7.25. The molecule has 3 aliphatic carbocycles. The van der Waals surface area contributed by atoms with Crippen LogP contribution in [0.2, 0.25) is 0 Å². The van der Waals surface area contributed by atoms with Crippen LogP contribution in [0.1, 0.15) is 44.9 Å². The van der Waals surface area contributed by atoms with Gasteiger partial charge in [0.15, 0.2) is 0 Å². The van der Waals surface area contributed by atoms with E-state index >= 15 is 0 Å². The van der Waals surface area contributed by atoms with Crippen molar-refractivity contribution >= 4 is 5.71 Å². The molecule has 4 atom stereocenters. The van der Waals surface area contributed by atoms with Crippen molar-refractivity contribution in [3.8, 4) is 0 Å². The minimum absolute atomic E-state index is 0.114. The average Bonchev–Trinajstić information content (AvgIpc) is 2.91. The Morgan fingerprint density at radius 1 is 1.26 bits per heavy atom. The molecule has 1 aromatic heterocycles. The van der Waals surface area contributed by atoms with E-state index in [4.69, 9.17) is 9.25 Å². The zero-order valence-corrected chi connectivity index (χ0v) is 12.1. The van der Waals surface area contributed by atoms with Crippen molar-refractivity contribution in [2.75, 3.05) is 0 Å². The predicted octanol–water partition coefficient (Wildman–Crippen LogP) is 3.76. The molecule has 1 aliphatic heterocycles. The predicted molar refractivity (Wildman–Crippen MR) is 73.0 cm³/mol. The van der Waals surface area contributed by atoms with Gasteiger partial charge in [-0.05, 0) is 44.1 Å². The molecule has 1 aromatic rings. The van der Waals surface area contributed by atoms with E-state index in [1.54, 1.807) is 6.26 Å². The lowest BCUT2D eigenvalue weighted by Gasteiger charge is -2.63. The summed E-state index contributed by atoms with van der Waals surface area (Å²) in [7, 11) is 0. The first-order chi connectivity index (χ1) is 8.94. The van der Waals surface area contributed by atoms with E-state index < -0.39 is 0 Å². The first-order valence-corrected chi connectivity index (χ1v) is 7.25. The average molecular weight is 259 g/mol. The lowest BCUT2D eigenvalue weighted by Crippen LogP contribution is -2.64. The summed E-state index contributed by atoms with van der Waals surface area (Å²) in [5.74, 6) is 2.82. The van der Waals surface area contributed by atoms with Gasteiger partial charge in [0.05, 0.1) is 12.0 Å². The van der Waals surface area contributed by atoms with E-state index in [1.165, 1.54) is 12.8 Å². The summed E-state index contributed by atoms with van der Waals surface area (Å²) in [5, 5.41) is 4.45. The number of furan rings is 1. The molecule has 3 saturated carbocycles. The molecule has 0 aromatic carbocycles. The third-order valence-electron chi connectivity index (χ3n) is 6.18. The number of rotatable bonds is 1. The molecular weight excluding hydrogens is 238 g/mol. The van der Waals surface area contributed by atoms with Crippen LogP contribution in [0, 0.1) is 30.1 Å². The summed E-state index contributed by atoms with van der Waals surface area (Å²) in [6.45, 7) is 9.03. The summed E-state index contributed by atoms with van der Waals surface area (Å²) in [5.41, 5.74) is 2.53. The normalized spacial score (nSPS) is 42.1. The van der Waals surface area contributed by atoms with Crippen molar-refractivity contribution in [1.29, 1.82) is 0 Å². The highest BCUT2D eigenvalue weighted by Crippen LogP contribution is 2.67. The van der Waals surface area contributed by atoms with E-state index in [0.29, 0.717) is 17.3 Å². The van der Waals surface area contributed by atoms with Gasteiger partial charge < -0.3 is 9.25 Å². The molecule has 3 heteroatoms. The molecule has 2 bridgehead atoms. The van der Waals surface area contributed by atoms with E-state index in [0.717, 1.165) is 23.0 Å². The summed E-state index contributed by atoms with van der Waals surface area (Å²) in [6.07, 6.45) is 4.24. The molecule has 0 N–H and O–H groups in total. The number of hydrogen-bond donors (Lipinski definition) is 0. The second-order valence-corrected chi connectivity index (χ2v) is 7.24. The molecule has 3 fully saturated rings. The molecule has 0 amide bonds.